The molecule has 0 spiro atoms. The third kappa shape index (κ3) is 183. The quantitative estimate of drug-likeness (QED) is 0.478. The van der Waals surface area contributed by atoms with Gasteiger partial charge in [0.05, 0.1) is 0 Å². The van der Waals surface area contributed by atoms with E-state index in [1.54, 1.807) is 0 Å². The maximum absolute atomic E-state index is 8.00. The summed E-state index contributed by atoms with van der Waals surface area (Å²) < 4.78 is 0. The number of carbonyl (C=O) groups is 1. The van der Waals surface area contributed by atoms with Crippen molar-refractivity contribution in [3.8, 4) is 0 Å². The minimum atomic E-state index is 0. The van der Waals surface area contributed by atoms with E-state index in [2.05, 4.69) is 5.73 Å². The van der Waals surface area contributed by atoms with E-state index in [0.29, 0.717) is 0 Å². The number of nitrogens with two attached hydrogens (primary N) is 1. The first-order chi connectivity index (χ1) is 2.00. The van der Waals surface area contributed by atoms with Crippen LogP contribution in [0.2, 0.25) is 0 Å². The molecule has 0 saturated heterocycles. The Bertz CT molecular complexity index is 7.51. The first-order valence-corrected chi connectivity index (χ1v) is 0.866. The van der Waals surface area contributed by atoms with Crippen LogP contribution in [-0.2, 0) is 4.79 Å². The molecule has 0 aromatic heterocycles. The molecule has 6 heavy (non-hydrogen) atoms. The lowest BCUT2D eigenvalue weighted by atomic mass is 11.6. The molecule has 0 radical (unpaired) electrons. The molecule has 2 nitrogen and oxygen atoms in total. The summed E-state index contributed by atoms with van der Waals surface area (Å²) in [6, 6.07) is 0. The summed E-state index contributed by atoms with van der Waals surface area (Å²) in [7, 11) is 1.50. The molecule has 0 aromatic carbocycles. The molecular weight excluding hydrogens is 78.1 g/mol. The van der Waals surface area contributed by atoms with E-state index in [4.69, 9.17) is 4.79 Å². The Morgan fingerprint density at radius 3 is 1.17 bits per heavy atom. The van der Waals surface area contributed by atoms with Gasteiger partial charge in [-0.1, -0.05) is 14.9 Å². The van der Waals surface area contributed by atoms with Gasteiger partial charge in [0.2, 0.25) is 0 Å². The molecule has 0 rings (SSSR count). The molecule has 0 unspecified atom stereocenters. The SMILES string of the molecule is C.C.C=O.CN. The van der Waals surface area contributed by atoms with Gasteiger partial charge >= 0.3 is 0 Å². The molecule has 2 N–H and O–H groups in total. The molecular formula is C4H15NO. The Morgan fingerprint density at radius 1 is 1.17 bits per heavy atom. The van der Waals surface area contributed by atoms with Gasteiger partial charge in [0.1, 0.15) is 6.79 Å². The average molecular weight is 93.2 g/mol. The van der Waals surface area contributed by atoms with Gasteiger partial charge in [0.15, 0.2) is 0 Å². The fourth-order valence-electron chi connectivity index (χ4n) is 0. The van der Waals surface area contributed by atoms with Gasteiger partial charge in [0.25, 0.3) is 0 Å². The molecule has 2 heteroatoms. The Hall–Kier alpha value is -0.370. The molecule has 0 aliphatic carbocycles. The molecule has 42 valence electrons. The van der Waals surface area contributed by atoms with Gasteiger partial charge in [-0.3, -0.25) is 0 Å². The maximum Gasteiger partial charge on any atom is 0.106 e. The van der Waals surface area contributed by atoms with Crippen LogP contribution < -0.4 is 5.73 Å². The fourth-order valence-corrected chi connectivity index (χ4v) is 0. The molecule has 0 saturated carbocycles. The zero-order valence-corrected chi connectivity index (χ0v) is 2.69. The van der Waals surface area contributed by atoms with Gasteiger partial charge in [-0.2, -0.15) is 0 Å². The van der Waals surface area contributed by atoms with Crippen LogP contribution in [0, 0.1) is 0 Å². The summed E-state index contributed by atoms with van der Waals surface area (Å²) in [5.74, 6) is 0. The van der Waals surface area contributed by atoms with E-state index in [-0.39, 0.29) is 14.9 Å². The second-order valence-corrected chi connectivity index (χ2v) is 0. The largest absolute Gasteiger partial charge is 0.333 e. The summed E-state index contributed by atoms with van der Waals surface area (Å²) >= 11 is 0. The molecule has 0 bridgehead atoms. The van der Waals surface area contributed by atoms with Crippen molar-refractivity contribution in [2.45, 2.75) is 14.9 Å². The van der Waals surface area contributed by atoms with Crippen molar-refractivity contribution in [2.75, 3.05) is 7.05 Å². The van der Waals surface area contributed by atoms with E-state index in [1.807, 2.05) is 6.79 Å². The first-order valence-electron chi connectivity index (χ1n) is 0.866. The topological polar surface area (TPSA) is 43.1 Å². The number of rotatable bonds is 0. The minimum Gasteiger partial charge on any atom is -0.333 e. The van der Waals surface area contributed by atoms with E-state index >= 15 is 0 Å². The van der Waals surface area contributed by atoms with E-state index in [1.165, 1.54) is 7.05 Å². The molecule has 0 amide bonds. The lowest BCUT2D eigenvalue weighted by Crippen LogP contribution is -1.69. The normalized spacial score (nSPS) is 1.67. The summed E-state index contributed by atoms with van der Waals surface area (Å²) in [5, 5.41) is 0. The summed E-state index contributed by atoms with van der Waals surface area (Å²) in [5.41, 5.74) is 4.50. The molecule has 0 atom stereocenters. The van der Waals surface area contributed by atoms with Gasteiger partial charge < -0.3 is 10.5 Å². The van der Waals surface area contributed by atoms with Crippen LogP contribution in [0.5, 0.6) is 0 Å². The Morgan fingerprint density at radius 2 is 1.17 bits per heavy atom. The summed E-state index contributed by atoms with van der Waals surface area (Å²) in [6.45, 7) is 2.00. The smallest absolute Gasteiger partial charge is 0.106 e. The zero-order valence-electron chi connectivity index (χ0n) is 2.69. The molecule has 0 aliphatic heterocycles. The predicted molar refractivity (Wildman–Crippen MR) is 30.7 cm³/mol. The minimum absolute atomic E-state index is 0. The number of hydrogen-bond acceptors (Lipinski definition) is 2. The molecule has 0 fully saturated rings. The van der Waals surface area contributed by atoms with Crippen molar-refractivity contribution in [2.24, 2.45) is 5.73 Å². The van der Waals surface area contributed by atoms with Crippen LogP contribution in [-0.4, -0.2) is 13.8 Å². The molecule has 0 aromatic rings. The van der Waals surface area contributed by atoms with E-state index < -0.39 is 0 Å². The second kappa shape index (κ2) is 446. The highest BCUT2D eigenvalue weighted by Gasteiger charge is 0.836. The molecule has 0 heterocycles. The average Bonchev–Trinajstić information content (AvgIpc) is 1.50. The Balaban J connectivity index is -0.00000000500. The third-order valence-electron chi connectivity index (χ3n) is 0. The summed E-state index contributed by atoms with van der Waals surface area (Å²) in [6.07, 6.45) is 0. The van der Waals surface area contributed by atoms with Crippen LogP contribution >= 0.6 is 0 Å². The lowest BCUT2D eigenvalue weighted by Gasteiger charge is -1.19. The van der Waals surface area contributed by atoms with Crippen LogP contribution in [0.15, 0.2) is 0 Å². The fraction of sp³-hybridized carbons (Fsp3) is 0.750. The highest BCUT2D eigenvalue weighted by molar-refractivity contribution is 5.10. The highest BCUT2D eigenvalue weighted by Crippen LogP contribution is 0.495. The van der Waals surface area contributed by atoms with E-state index in [0.717, 1.165) is 0 Å². The van der Waals surface area contributed by atoms with Crippen molar-refractivity contribution in [3.63, 3.8) is 0 Å². The van der Waals surface area contributed by atoms with Gasteiger partial charge in [-0.15, -0.1) is 0 Å². The number of hydrogen-bond donors (Lipinski definition) is 1. The van der Waals surface area contributed by atoms with Crippen molar-refractivity contribution in [3.05, 3.63) is 0 Å². The third-order valence-corrected chi connectivity index (χ3v) is 0. The lowest BCUT2D eigenvalue weighted by molar-refractivity contribution is -0.0979. The standard InChI is InChI=1S/CH5N.CH2O.2CH4/c2*1-2;;/h2H2,1H3;1H2;2*1H4. The van der Waals surface area contributed by atoms with Crippen molar-refractivity contribution < 1.29 is 4.79 Å². The maximum atomic E-state index is 8.00. The van der Waals surface area contributed by atoms with Gasteiger partial charge in [-0.25, -0.2) is 0 Å². The van der Waals surface area contributed by atoms with Crippen LogP contribution in [0.25, 0.3) is 0 Å². The monoisotopic (exact) mass is 93.1 g/mol. The number of carbonyl (C=O) groups excluding carboxylic acids is 1. The van der Waals surface area contributed by atoms with Crippen molar-refractivity contribution in [1.29, 1.82) is 0 Å². The Kier molecular flexibility index (Phi) is 3370. The zero-order chi connectivity index (χ0) is 4.00. The van der Waals surface area contributed by atoms with Crippen molar-refractivity contribution in [1.82, 2.24) is 0 Å². The summed E-state index contributed by atoms with van der Waals surface area (Å²) in [4.78, 5) is 8.00. The van der Waals surface area contributed by atoms with Gasteiger partial charge in [-0.05, 0) is 7.05 Å². The van der Waals surface area contributed by atoms with Crippen LogP contribution in [0.4, 0.5) is 0 Å². The van der Waals surface area contributed by atoms with Crippen LogP contribution in [0.3, 0.4) is 0 Å². The van der Waals surface area contributed by atoms with Crippen molar-refractivity contribution >= 4 is 6.79 Å². The van der Waals surface area contributed by atoms with E-state index in [9.17, 15) is 0 Å². The Labute approximate surface area is 40.4 Å². The van der Waals surface area contributed by atoms with Gasteiger partial charge in [0, 0.05) is 0 Å². The second-order valence-electron chi connectivity index (χ2n) is 0. The van der Waals surface area contributed by atoms with Crippen LogP contribution in [0.1, 0.15) is 14.9 Å². The first kappa shape index (κ1) is 45.4. The predicted octanol–water partition coefficient (Wildman–Crippen LogP) is 0.662. The molecule has 0 aliphatic rings. The highest BCUT2D eigenvalue weighted by atomic mass is 16.1.